The first kappa shape index (κ1) is 17.4. The summed E-state index contributed by atoms with van der Waals surface area (Å²) in [5, 5.41) is 3.03. The highest BCUT2D eigenvalue weighted by Crippen LogP contribution is 2.27. The Morgan fingerprint density at radius 1 is 1.45 bits per heavy atom. The van der Waals surface area contributed by atoms with Crippen LogP contribution in [0.15, 0.2) is 33.7 Å². The molecule has 20 heavy (non-hydrogen) atoms. The molecule has 0 saturated heterocycles. The summed E-state index contributed by atoms with van der Waals surface area (Å²) in [5.41, 5.74) is 2.45. The number of nitrogens with one attached hydrogen (secondary N) is 1. The van der Waals surface area contributed by atoms with Crippen molar-refractivity contribution < 1.29 is 8.42 Å². The molecule has 4 nitrogen and oxygen atoms in total. The standard InChI is InChI=1S/C14H21BrN2O2S/c1-10(2)9-17(5)20(18,19)14-7-12(8-16-4)6-13(15)11(14)3/h6-7,16H,1,8-9H2,2-5H3. The lowest BCUT2D eigenvalue weighted by atomic mass is 10.1. The van der Waals surface area contributed by atoms with Crippen molar-refractivity contribution in [3.8, 4) is 0 Å². The second-order valence-electron chi connectivity index (χ2n) is 4.95. The van der Waals surface area contributed by atoms with Crippen LogP contribution in [0.5, 0.6) is 0 Å². The molecule has 1 aromatic rings. The maximum absolute atomic E-state index is 12.6. The minimum atomic E-state index is -3.51. The highest BCUT2D eigenvalue weighted by Gasteiger charge is 2.24. The van der Waals surface area contributed by atoms with E-state index in [9.17, 15) is 8.42 Å². The van der Waals surface area contributed by atoms with E-state index in [-0.39, 0.29) is 0 Å². The summed E-state index contributed by atoms with van der Waals surface area (Å²) in [7, 11) is -0.113. The van der Waals surface area contributed by atoms with E-state index >= 15 is 0 Å². The van der Waals surface area contributed by atoms with Crippen molar-refractivity contribution in [1.82, 2.24) is 9.62 Å². The molecule has 1 N–H and O–H groups in total. The molecular formula is C14H21BrN2O2S. The number of nitrogens with zero attached hydrogens (tertiary/aromatic N) is 1. The van der Waals surface area contributed by atoms with Gasteiger partial charge in [0.2, 0.25) is 10.0 Å². The number of benzene rings is 1. The molecule has 0 saturated carbocycles. The van der Waals surface area contributed by atoms with Crippen LogP contribution in [0.2, 0.25) is 0 Å². The van der Waals surface area contributed by atoms with Crippen molar-refractivity contribution in [2.45, 2.75) is 25.3 Å². The first-order valence-corrected chi connectivity index (χ1v) is 8.47. The molecule has 0 amide bonds. The summed E-state index contributed by atoms with van der Waals surface area (Å²) in [6.45, 7) is 8.31. The molecule has 0 fully saturated rings. The molecular weight excluding hydrogens is 340 g/mol. The third-order valence-corrected chi connectivity index (χ3v) is 5.67. The van der Waals surface area contributed by atoms with Gasteiger partial charge in [0.05, 0.1) is 4.90 Å². The third-order valence-electron chi connectivity index (χ3n) is 2.92. The largest absolute Gasteiger partial charge is 0.316 e. The Balaban J connectivity index is 3.33. The molecule has 112 valence electrons. The van der Waals surface area contributed by atoms with Crippen LogP contribution in [0.25, 0.3) is 0 Å². The van der Waals surface area contributed by atoms with E-state index in [4.69, 9.17) is 0 Å². The van der Waals surface area contributed by atoms with Gasteiger partial charge in [0, 0.05) is 24.6 Å². The van der Waals surface area contributed by atoms with Crippen LogP contribution in [0.1, 0.15) is 18.1 Å². The predicted molar refractivity (Wildman–Crippen MR) is 86.3 cm³/mol. The molecule has 0 aliphatic heterocycles. The minimum absolute atomic E-state index is 0.315. The Bertz CT molecular complexity index is 612. The molecule has 0 atom stereocenters. The lowest BCUT2D eigenvalue weighted by Gasteiger charge is -2.20. The normalized spacial score (nSPS) is 11.9. The molecule has 0 aromatic heterocycles. The number of hydrogen-bond acceptors (Lipinski definition) is 3. The summed E-state index contributed by atoms with van der Waals surface area (Å²) in [6.07, 6.45) is 0. The SMILES string of the molecule is C=C(C)CN(C)S(=O)(=O)c1cc(CNC)cc(Br)c1C. The molecule has 1 aromatic carbocycles. The molecule has 0 aliphatic rings. The highest BCUT2D eigenvalue weighted by atomic mass is 79.9. The molecule has 0 spiro atoms. The monoisotopic (exact) mass is 360 g/mol. The Labute approximate surface area is 130 Å². The van der Waals surface area contributed by atoms with Crippen molar-refractivity contribution in [2.24, 2.45) is 0 Å². The Morgan fingerprint density at radius 3 is 2.55 bits per heavy atom. The van der Waals surface area contributed by atoms with E-state index in [1.54, 1.807) is 20.0 Å². The highest BCUT2D eigenvalue weighted by molar-refractivity contribution is 9.10. The number of halogens is 1. The lowest BCUT2D eigenvalue weighted by Crippen LogP contribution is -2.29. The number of likely N-dealkylation sites (N-methyl/N-ethyl adjacent to an activating group) is 1. The average Bonchev–Trinajstić information content (AvgIpc) is 2.32. The number of rotatable bonds is 6. The van der Waals surface area contributed by atoms with Crippen LogP contribution in [-0.4, -0.2) is 33.4 Å². The molecule has 6 heteroatoms. The number of sulfonamides is 1. The van der Waals surface area contributed by atoms with Gasteiger partial charge in [-0.05, 0) is 44.2 Å². The second kappa shape index (κ2) is 6.85. The summed E-state index contributed by atoms with van der Waals surface area (Å²) in [4.78, 5) is 0.334. The fraction of sp³-hybridized carbons (Fsp3) is 0.429. The Hall–Kier alpha value is -0.690. The van der Waals surface area contributed by atoms with Gasteiger partial charge < -0.3 is 5.32 Å². The van der Waals surface area contributed by atoms with E-state index in [1.165, 1.54) is 4.31 Å². The van der Waals surface area contributed by atoms with Gasteiger partial charge in [0.25, 0.3) is 0 Å². The summed E-state index contributed by atoms with van der Waals surface area (Å²) in [6, 6.07) is 3.66. The van der Waals surface area contributed by atoms with Crippen LogP contribution >= 0.6 is 15.9 Å². The van der Waals surface area contributed by atoms with E-state index in [1.807, 2.05) is 20.0 Å². The van der Waals surface area contributed by atoms with Crippen molar-refractivity contribution in [3.63, 3.8) is 0 Å². The maximum Gasteiger partial charge on any atom is 0.243 e. The predicted octanol–water partition coefficient (Wildman–Crippen LogP) is 2.67. The molecule has 0 radical (unpaired) electrons. The molecule has 0 unspecified atom stereocenters. The zero-order chi connectivity index (χ0) is 15.5. The van der Waals surface area contributed by atoms with Crippen molar-refractivity contribution >= 4 is 26.0 Å². The van der Waals surface area contributed by atoms with Crippen molar-refractivity contribution in [2.75, 3.05) is 20.6 Å². The fourth-order valence-electron chi connectivity index (χ4n) is 1.91. The molecule has 0 heterocycles. The first-order valence-electron chi connectivity index (χ1n) is 6.24. The van der Waals surface area contributed by atoms with Gasteiger partial charge in [-0.15, -0.1) is 0 Å². The molecule has 0 bridgehead atoms. The van der Waals surface area contributed by atoms with Gasteiger partial charge in [0.15, 0.2) is 0 Å². The van der Waals surface area contributed by atoms with Crippen LogP contribution in [0.4, 0.5) is 0 Å². The fourth-order valence-corrected chi connectivity index (χ4v) is 4.08. The van der Waals surface area contributed by atoms with Gasteiger partial charge in [-0.25, -0.2) is 8.42 Å². The van der Waals surface area contributed by atoms with Gasteiger partial charge >= 0.3 is 0 Å². The van der Waals surface area contributed by atoms with Crippen LogP contribution in [-0.2, 0) is 16.6 Å². The maximum atomic E-state index is 12.6. The van der Waals surface area contributed by atoms with Gasteiger partial charge in [0.1, 0.15) is 0 Å². The molecule has 0 aliphatic carbocycles. The summed E-state index contributed by atoms with van der Waals surface area (Å²) < 4.78 is 27.4. The summed E-state index contributed by atoms with van der Waals surface area (Å²) in [5.74, 6) is 0. The van der Waals surface area contributed by atoms with E-state index in [0.29, 0.717) is 18.0 Å². The summed E-state index contributed by atoms with van der Waals surface area (Å²) >= 11 is 3.43. The lowest BCUT2D eigenvalue weighted by molar-refractivity contribution is 0.492. The Morgan fingerprint density at radius 2 is 2.05 bits per heavy atom. The smallest absolute Gasteiger partial charge is 0.243 e. The van der Waals surface area contributed by atoms with E-state index in [0.717, 1.165) is 21.2 Å². The zero-order valence-electron chi connectivity index (χ0n) is 12.3. The zero-order valence-corrected chi connectivity index (χ0v) is 14.7. The van der Waals surface area contributed by atoms with Gasteiger partial charge in [-0.2, -0.15) is 4.31 Å². The van der Waals surface area contributed by atoms with E-state index < -0.39 is 10.0 Å². The third kappa shape index (κ3) is 3.91. The van der Waals surface area contributed by atoms with E-state index in [2.05, 4.69) is 27.8 Å². The topological polar surface area (TPSA) is 49.4 Å². The quantitative estimate of drug-likeness (QED) is 0.793. The Kier molecular flexibility index (Phi) is 5.94. The molecule has 1 rings (SSSR count). The van der Waals surface area contributed by atoms with Gasteiger partial charge in [-0.1, -0.05) is 28.1 Å². The average molecular weight is 361 g/mol. The second-order valence-corrected chi connectivity index (χ2v) is 7.82. The number of hydrogen-bond donors (Lipinski definition) is 1. The van der Waals surface area contributed by atoms with Crippen LogP contribution in [0, 0.1) is 6.92 Å². The first-order chi connectivity index (χ1) is 9.20. The van der Waals surface area contributed by atoms with Crippen LogP contribution in [0.3, 0.4) is 0 Å². The van der Waals surface area contributed by atoms with Crippen molar-refractivity contribution in [1.29, 1.82) is 0 Å². The van der Waals surface area contributed by atoms with Crippen molar-refractivity contribution in [3.05, 3.63) is 39.9 Å². The van der Waals surface area contributed by atoms with Gasteiger partial charge in [-0.3, -0.25) is 0 Å². The van der Waals surface area contributed by atoms with Crippen LogP contribution < -0.4 is 5.32 Å². The minimum Gasteiger partial charge on any atom is -0.316 e.